The predicted molar refractivity (Wildman–Crippen MR) is 68.1 cm³/mol. The first-order valence-electron chi connectivity index (χ1n) is 5.92. The lowest BCUT2D eigenvalue weighted by Gasteiger charge is -2.32. The van der Waals surface area contributed by atoms with Crippen molar-refractivity contribution in [3.63, 3.8) is 0 Å². The van der Waals surface area contributed by atoms with Crippen LogP contribution in [-0.2, 0) is 0 Å². The number of rotatable bonds is 5. The smallest absolute Gasteiger partial charge is 0.426 e. The van der Waals surface area contributed by atoms with Crippen molar-refractivity contribution in [1.29, 1.82) is 0 Å². The first kappa shape index (κ1) is 13.5. The van der Waals surface area contributed by atoms with Gasteiger partial charge in [-0.05, 0) is 27.7 Å². The third-order valence-electron chi connectivity index (χ3n) is 3.07. The Morgan fingerprint density at radius 3 is 2.25 bits per heavy atom. The van der Waals surface area contributed by atoms with Crippen LogP contribution in [0.4, 0.5) is 0 Å². The minimum atomic E-state index is -1.29. The predicted octanol–water partition coefficient (Wildman–Crippen LogP) is 1.44. The third-order valence-corrected chi connectivity index (χ3v) is 3.07. The van der Waals surface area contributed by atoms with Crippen molar-refractivity contribution in [2.75, 3.05) is 6.54 Å². The first-order valence-corrected chi connectivity index (χ1v) is 5.92. The summed E-state index contributed by atoms with van der Waals surface area (Å²) in [6, 6.07) is 0.913. The Hall–Kier alpha value is -0.575. The molecule has 0 spiro atoms. The van der Waals surface area contributed by atoms with Gasteiger partial charge < -0.3 is 10.0 Å². The number of hydrogen-bond donors (Lipinski definition) is 2. The highest BCUT2D eigenvalue weighted by Gasteiger charge is 2.28. The second-order valence-electron chi connectivity index (χ2n) is 4.93. The molecule has 1 rings (SSSR count). The summed E-state index contributed by atoms with van der Waals surface area (Å²) in [7, 11) is -1.29. The van der Waals surface area contributed by atoms with Gasteiger partial charge in [0.2, 0.25) is 0 Å². The van der Waals surface area contributed by atoms with E-state index in [9.17, 15) is 10.0 Å². The van der Waals surface area contributed by atoms with Crippen LogP contribution in [0, 0.1) is 0 Å². The highest BCUT2D eigenvalue weighted by atomic mass is 16.4. The van der Waals surface area contributed by atoms with Crippen LogP contribution in [0.15, 0.2) is 23.8 Å². The zero-order valence-corrected chi connectivity index (χ0v) is 10.6. The van der Waals surface area contributed by atoms with Gasteiger partial charge in [0.25, 0.3) is 0 Å². The number of hydrogen-bond acceptors (Lipinski definition) is 3. The zero-order valence-electron chi connectivity index (χ0n) is 10.6. The van der Waals surface area contributed by atoms with Crippen LogP contribution in [-0.4, -0.2) is 40.7 Å². The Morgan fingerprint density at radius 1 is 1.25 bits per heavy atom. The lowest BCUT2D eigenvalue weighted by molar-refractivity contribution is 0.190. The molecule has 0 saturated heterocycles. The molecule has 1 aliphatic carbocycles. The molecule has 0 heterocycles. The molecular weight excluding hydrogens is 201 g/mol. The Balaban J connectivity index is 2.66. The van der Waals surface area contributed by atoms with E-state index in [1.54, 1.807) is 0 Å². The lowest BCUT2D eigenvalue weighted by atomic mass is 9.70. The molecule has 0 aromatic heterocycles. The summed E-state index contributed by atoms with van der Waals surface area (Å²) < 4.78 is 0. The van der Waals surface area contributed by atoms with E-state index in [1.165, 1.54) is 0 Å². The zero-order chi connectivity index (χ0) is 12.3. The molecule has 4 heteroatoms. The van der Waals surface area contributed by atoms with Gasteiger partial charge >= 0.3 is 7.12 Å². The van der Waals surface area contributed by atoms with Crippen LogP contribution in [0.1, 0.15) is 27.7 Å². The Labute approximate surface area is 98.6 Å². The molecule has 0 saturated carbocycles. The summed E-state index contributed by atoms with van der Waals surface area (Å²) in [4.78, 5) is 2.34. The minimum Gasteiger partial charge on any atom is -0.426 e. The van der Waals surface area contributed by atoms with E-state index in [0.29, 0.717) is 12.1 Å². The average Bonchev–Trinajstić information content (AvgIpc) is 2.60. The monoisotopic (exact) mass is 223 g/mol. The van der Waals surface area contributed by atoms with Crippen molar-refractivity contribution < 1.29 is 10.0 Å². The van der Waals surface area contributed by atoms with Crippen molar-refractivity contribution in [3.05, 3.63) is 23.8 Å². The fourth-order valence-corrected chi connectivity index (χ4v) is 2.15. The highest BCUT2D eigenvalue weighted by Crippen LogP contribution is 2.28. The van der Waals surface area contributed by atoms with E-state index < -0.39 is 7.12 Å². The van der Waals surface area contributed by atoms with E-state index in [0.717, 1.165) is 12.1 Å². The van der Waals surface area contributed by atoms with Crippen LogP contribution < -0.4 is 0 Å². The molecule has 0 amide bonds. The summed E-state index contributed by atoms with van der Waals surface area (Å²) >= 11 is 0. The highest BCUT2D eigenvalue weighted by molar-refractivity contribution is 6.45. The van der Waals surface area contributed by atoms with E-state index in [4.69, 9.17) is 0 Å². The van der Waals surface area contributed by atoms with E-state index >= 15 is 0 Å². The minimum absolute atomic E-state index is 0.236. The van der Waals surface area contributed by atoms with Gasteiger partial charge in [0.15, 0.2) is 0 Å². The summed E-state index contributed by atoms with van der Waals surface area (Å²) in [6.07, 6.45) is 5.74. The van der Waals surface area contributed by atoms with Gasteiger partial charge in [0.05, 0.1) is 0 Å². The summed E-state index contributed by atoms with van der Waals surface area (Å²) in [5.41, 5.74) is 1.08. The van der Waals surface area contributed by atoms with Gasteiger partial charge in [-0.3, -0.25) is 4.90 Å². The molecular formula is C12H22BNO2. The van der Waals surface area contributed by atoms with Crippen LogP contribution in [0.2, 0.25) is 5.82 Å². The number of allylic oxidation sites excluding steroid dienone is 3. The molecule has 16 heavy (non-hydrogen) atoms. The Bertz CT molecular complexity index is 277. The summed E-state index contributed by atoms with van der Waals surface area (Å²) in [5.74, 6) is -0.236. The second kappa shape index (κ2) is 5.66. The number of nitrogens with zero attached hydrogens (tertiary/aromatic N) is 1. The lowest BCUT2D eigenvalue weighted by Crippen LogP contribution is -2.39. The van der Waals surface area contributed by atoms with Crippen LogP contribution >= 0.6 is 0 Å². The molecule has 1 atom stereocenters. The quantitative estimate of drug-likeness (QED) is 0.693. The maximum atomic E-state index is 9.26. The average molecular weight is 223 g/mol. The molecule has 2 N–H and O–H groups in total. The molecule has 0 fully saturated rings. The van der Waals surface area contributed by atoms with Crippen molar-refractivity contribution in [2.24, 2.45) is 0 Å². The van der Waals surface area contributed by atoms with Crippen molar-refractivity contribution in [2.45, 2.75) is 45.6 Å². The molecule has 0 aliphatic heterocycles. The SMILES string of the molecule is CC(C)N(CC1=CC=CC1B(O)O)C(C)C. The molecule has 0 radical (unpaired) electrons. The van der Waals surface area contributed by atoms with Crippen LogP contribution in [0.5, 0.6) is 0 Å². The fourth-order valence-electron chi connectivity index (χ4n) is 2.15. The molecule has 1 unspecified atom stereocenters. The molecule has 1 aliphatic rings. The van der Waals surface area contributed by atoms with Crippen molar-refractivity contribution in [3.8, 4) is 0 Å². The van der Waals surface area contributed by atoms with Crippen molar-refractivity contribution in [1.82, 2.24) is 4.90 Å². The van der Waals surface area contributed by atoms with Gasteiger partial charge in [-0.25, -0.2) is 0 Å². The summed E-state index contributed by atoms with van der Waals surface area (Å²) in [5, 5.41) is 18.5. The molecule has 90 valence electrons. The maximum absolute atomic E-state index is 9.26. The molecule has 0 aromatic carbocycles. The van der Waals surface area contributed by atoms with Crippen LogP contribution in [0.25, 0.3) is 0 Å². The van der Waals surface area contributed by atoms with Gasteiger partial charge in [-0.15, -0.1) is 0 Å². The van der Waals surface area contributed by atoms with Gasteiger partial charge in [0, 0.05) is 24.4 Å². The third kappa shape index (κ3) is 3.21. The maximum Gasteiger partial charge on any atom is 0.463 e. The standard InChI is InChI=1S/C12H22BNO2/c1-9(2)14(10(3)4)8-11-6-5-7-12(11)13(15)16/h5-7,9-10,12,15-16H,8H2,1-4H3. The second-order valence-corrected chi connectivity index (χ2v) is 4.93. The molecule has 0 aromatic rings. The van der Waals surface area contributed by atoms with Crippen LogP contribution in [0.3, 0.4) is 0 Å². The molecule has 0 bridgehead atoms. The first-order chi connectivity index (χ1) is 7.43. The Kier molecular flexibility index (Phi) is 4.78. The fraction of sp³-hybridized carbons (Fsp3) is 0.667. The molecule has 3 nitrogen and oxygen atoms in total. The largest absolute Gasteiger partial charge is 0.463 e. The summed E-state index contributed by atoms with van der Waals surface area (Å²) in [6.45, 7) is 9.44. The topological polar surface area (TPSA) is 43.7 Å². The van der Waals surface area contributed by atoms with Gasteiger partial charge in [-0.2, -0.15) is 0 Å². The normalized spacial score (nSPS) is 20.1. The van der Waals surface area contributed by atoms with E-state index in [1.807, 2.05) is 18.2 Å². The van der Waals surface area contributed by atoms with E-state index in [2.05, 4.69) is 32.6 Å². The van der Waals surface area contributed by atoms with E-state index in [-0.39, 0.29) is 5.82 Å². The Morgan fingerprint density at radius 2 is 1.81 bits per heavy atom. The van der Waals surface area contributed by atoms with Gasteiger partial charge in [-0.1, -0.05) is 23.8 Å². The van der Waals surface area contributed by atoms with Crippen molar-refractivity contribution >= 4 is 7.12 Å². The van der Waals surface area contributed by atoms with Gasteiger partial charge in [0.1, 0.15) is 0 Å².